The Labute approximate surface area is 280 Å². The van der Waals surface area contributed by atoms with E-state index in [0.717, 1.165) is 42.7 Å². The van der Waals surface area contributed by atoms with Crippen LogP contribution in [0, 0.1) is 0 Å². The Kier molecular flexibility index (Phi) is 7.17. The molecule has 232 valence electrons. The maximum atomic E-state index is 2.64. The highest BCUT2D eigenvalue weighted by Gasteiger charge is 2.46. The number of benzene rings is 6. The van der Waals surface area contributed by atoms with Gasteiger partial charge in [0, 0.05) is 27.9 Å². The van der Waals surface area contributed by atoms with Crippen LogP contribution in [0.3, 0.4) is 0 Å². The van der Waals surface area contributed by atoms with Crippen LogP contribution in [0.2, 0.25) is 0 Å². The summed E-state index contributed by atoms with van der Waals surface area (Å²) in [5, 5.41) is 0. The first kappa shape index (κ1) is 29.5. The molecule has 0 spiro atoms. The van der Waals surface area contributed by atoms with Gasteiger partial charge in [0.1, 0.15) is 0 Å². The lowest BCUT2D eigenvalue weighted by Gasteiger charge is -2.33. The van der Waals surface area contributed by atoms with E-state index in [9.17, 15) is 0 Å². The maximum absolute atomic E-state index is 2.64. The quantitative estimate of drug-likeness (QED) is 0.166. The second kappa shape index (κ2) is 11.4. The Morgan fingerprint density at radius 2 is 0.809 bits per heavy atom. The Morgan fingerprint density at radius 3 is 1.38 bits per heavy atom. The highest BCUT2D eigenvalue weighted by molar-refractivity contribution is 5.91. The highest BCUT2D eigenvalue weighted by Crippen LogP contribution is 2.59. The molecule has 0 N–H and O–H groups in total. The lowest BCUT2D eigenvalue weighted by Crippen LogP contribution is -2.26. The molecule has 0 amide bonds. The number of nitrogens with zero attached hydrogens (tertiary/aromatic N) is 1. The van der Waals surface area contributed by atoms with E-state index in [1.165, 1.54) is 50.1 Å². The van der Waals surface area contributed by atoms with E-state index in [0.29, 0.717) is 0 Å². The van der Waals surface area contributed by atoms with Gasteiger partial charge in [0.15, 0.2) is 0 Å². The summed E-state index contributed by atoms with van der Waals surface area (Å²) in [6.45, 7) is 9.53. The molecule has 0 heterocycles. The van der Waals surface area contributed by atoms with Gasteiger partial charge >= 0.3 is 0 Å². The SMILES string of the molecule is CCC1(CC)c2ccccc2-c2cc3c(cc21)C(CC)(CC)c1cc(-c2ccc(N(c4ccccc4)c4ccccc4)cc2)ccc1-3. The van der Waals surface area contributed by atoms with E-state index in [1.807, 2.05) is 0 Å². The molecular weight excluding hydrogens is 567 g/mol. The highest BCUT2D eigenvalue weighted by atomic mass is 15.1. The molecule has 2 aliphatic carbocycles. The molecule has 2 aliphatic rings. The van der Waals surface area contributed by atoms with Crippen LogP contribution in [0.25, 0.3) is 33.4 Å². The smallest absolute Gasteiger partial charge is 0.0462 e. The van der Waals surface area contributed by atoms with Crippen molar-refractivity contribution in [1.29, 1.82) is 0 Å². The second-order valence-electron chi connectivity index (χ2n) is 13.4. The van der Waals surface area contributed by atoms with Crippen molar-refractivity contribution in [1.82, 2.24) is 0 Å². The van der Waals surface area contributed by atoms with Crippen LogP contribution in [0.1, 0.15) is 75.6 Å². The molecule has 0 saturated carbocycles. The normalized spacial score (nSPS) is 14.6. The monoisotopic (exact) mass is 609 g/mol. The third kappa shape index (κ3) is 4.29. The van der Waals surface area contributed by atoms with Crippen molar-refractivity contribution in [2.45, 2.75) is 64.2 Å². The van der Waals surface area contributed by atoms with Gasteiger partial charge in [-0.25, -0.2) is 0 Å². The fourth-order valence-corrected chi connectivity index (χ4v) is 9.05. The summed E-state index contributed by atoms with van der Waals surface area (Å²) in [7, 11) is 0. The first-order valence-corrected chi connectivity index (χ1v) is 17.5. The number of hydrogen-bond donors (Lipinski definition) is 0. The molecule has 0 bridgehead atoms. The van der Waals surface area contributed by atoms with E-state index in [4.69, 9.17) is 0 Å². The van der Waals surface area contributed by atoms with Crippen molar-refractivity contribution in [3.63, 3.8) is 0 Å². The van der Waals surface area contributed by atoms with Crippen molar-refractivity contribution in [2.75, 3.05) is 4.90 Å². The van der Waals surface area contributed by atoms with E-state index >= 15 is 0 Å². The Morgan fingerprint density at radius 1 is 0.362 bits per heavy atom. The minimum atomic E-state index is 0.00899. The lowest BCUT2D eigenvalue weighted by atomic mass is 9.70. The lowest BCUT2D eigenvalue weighted by molar-refractivity contribution is 0.476. The van der Waals surface area contributed by atoms with Crippen LogP contribution in [0.15, 0.2) is 140 Å². The van der Waals surface area contributed by atoms with Gasteiger partial charge in [-0.15, -0.1) is 0 Å². The molecule has 0 fully saturated rings. The predicted molar refractivity (Wildman–Crippen MR) is 200 cm³/mol. The molecule has 0 saturated heterocycles. The second-order valence-corrected chi connectivity index (χ2v) is 13.4. The number of rotatable bonds is 8. The molecule has 0 aromatic heterocycles. The molecule has 0 aliphatic heterocycles. The largest absolute Gasteiger partial charge is 0.311 e. The third-order valence-electron chi connectivity index (χ3n) is 11.6. The van der Waals surface area contributed by atoms with Crippen LogP contribution >= 0.6 is 0 Å². The molecule has 1 heteroatoms. The zero-order valence-electron chi connectivity index (χ0n) is 28.1. The molecule has 0 unspecified atom stereocenters. The first-order chi connectivity index (χ1) is 23.1. The molecule has 47 heavy (non-hydrogen) atoms. The zero-order chi connectivity index (χ0) is 32.2. The molecule has 1 nitrogen and oxygen atoms in total. The fraction of sp³-hybridized carbons (Fsp3) is 0.217. The van der Waals surface area contributed by atoms with E-state index in [1.54, 1.807) is 5.56 Å². The minimum Gasteiger partial charge on any atom is -0.311 e. The summed E-state index contributed by atoms with van der Waals surface area (Å²) in [5.41, 5.74) is 17.9. The van der Waals surface area contributed by atoms with E-state index in [-0.39, 0.29) is 10.8 Å². The maximum Gasteiger partial charge on any atom is 0.0462 e. The van der Waals surface area contributed by atoms with Gasteiger partial charge in [0.25, 0.3) is 0 Å². The van der Waals surface area contributed by atoms with E-state index in [2.05, 4.69) is 172 Å². The van der Waals surface area contributed by atoms with Crippen LogP contribution in [-0.4, -0.2) is 0 Å². The number of hydrogen-bond acceptors (Lipinski definition) is 1. The van der Waals surface area contributed by atoms with Gasteiger partial charge in [-0.2, -0.15) is 0 Å². The molecule has 6 aromatic carbocycles. The molecule has 0 radical (unpaired) electrons. The van der Waals surface area contributed by atoms with Gasteiger partial charge in [-0.05, 0) is 130 Å². The summed E-state index contributed by atoms with van der Waals surface area (Å²) >= 11 is 0. The predicted octanol–water partition coefficient (Wildman–Crippen LogP) is 13.0. The van der Waals surface area contributed by atoms with Gasteiger partial charge in [0.05, 0.1) is 0 Å². The van der Waals surface area contributed by atoms with Crippen LogP contribution in [-0.2, 0) is 10.8 Å². The Hall–Kier alpha value is -4.88. The van der Waals surface area contributed by atoms with Gasteiger partial charge in [-0.3, -0.25) is 0 Å². The van der Waals surface area contributed by atoms with Crippen molar-refractivity contribution in [2.24, 2.45) is 0 Å². The summed E-state index contributed by atoms with van der Waals surface area (Å²) in [6.07, 6.45) is 4.42. The molecule has 0 atom stereocenters. The van der Waals surface area contributed by atoms with E-state index < -0.39 is 0 Å². The topological polar surface area (TPSA) is 3.24 Å². The molecule has 6 aromatic rings. The van der Waals surface area contributed by atoms with Crippen molar-refractivity contribution >= 4 is 17.1 Å². The minimum absolute atomic E-state index is 0.00899. The zero-order valence-corrected chi connectivity index (χ0v) is 28.1. The van der Waals surface area contributed by atoms with Crippen molar-refractivity contribution in [3.8, 4) is 33.4 Å². The number of para-hydroxylation sites is 2. The Bertz CT molecular complexity index is 2020. The fourth-order valence-electron chi connectivity index (χ4n) is 9.05. The third-order valence-corrected chi connectivity index (χ3v) is 11.6. The van der Waals surface area contributed by atoms with Crippen molar-refractivity contribution in [3.05, 3.63) is 162 Å². The average Bonchev–Trinajstić information content (AvgIpc) is 3.58. The molecule has 8 rings (SSSR count). The number of anilines is 3. The standard InChI is InChI=1S/C46H43N/c1-5-45(6-2)41-22-16-15-21-37(41)39-30-40-38-28-25-33(29-42(38)46(7-3,8-4)44(40)31-43(39)45)32-23-26-36(27-24-32)47(34-17-11-9-12-18-34)35-19-13-10-14-20-35/h9-31H,5-8H2,1-4H3. The van der Waals surface area contributed by atoms with Crippen LogP contribution < -0.4 is 4.90 Å². The summed E-state index contributed by atoms with van der Waals surface area (Å²) in [6, 6.07) is 52.0. The van der Waals surface area contributed by atoms with Gasteiger partial charge < -0.3 is 4.90 Å². The average molecular weight is 610 g/mol. The summed E-state index contributed by atoms with van der Waals surface area (Å²) in [5.74, 6) is 0. The summed E-state index contributed by atoms with van der Waals surface area (Å²) in [4.78, 5) is 2.33. The molecular formula is C46H43N. The van der Waals surface area contributed by atoms with Gasteiger partial charge in [-0.1, -0.05) is 119 Å². The number of fused-ring (bicyclic) bond motifs is 6. The Balaban J connectivity index is 1.23. The van der Waals surface area contributed by atoms with Gasteiger partial charge in [0.2, 0.25) is 0 Å². The summed E-state index contributed by atoms with van der Waals surface area (Å²) < 4.78 is 0. The van der Waals surface area contributed by atoms with Crippen LogP contribution in [0.4, 0.5) is 17.1 Å². The first-order valence-electron chi connectivity index (χ1n) is 17.5. The van der Waals surface area contributed by atoms with Crippen LogP contribution in [0.5, 0.6) is 0 Å². The van der Waals surface area contributed by atoms with Crippen molar-refractivity contribution < 1.29 is 0 Å².